The lowest BCUT2D eigenvalue weighted by Crippen LogP contribution is -2.30. The summed E-state index contributed by atoms with van der Waals surface area (Å²) in [6.45, 7) is 0. The second kappa shape index (κ2) is 6.59. The molecule has 140 valence electrons. The van der Waals surface area contributed by atoms with Gasteiger partial charge in [-0.2, -0.15) is 8.42 Å². The van der Waals surface area contributed by atoms with E-state index in [0.717, 1.165) is 17.0 Å². The van der Waals surface area contributed by atoms with E-state index in [1.807, 2.05) is 0 Å². The monoisotopic (exact) mass is 395 g/mol. The minimum absolute atomic E-state index is 0.0785. The molecule has 0 saturated heterocycles. The largest absolute Gasteiger partial charge is 0.455 e. The van der Waals surface area contributed by atoms with Crippen molar-refractivity contribution in [1.82, 2.24) is 0 Å². The normalized spacial score (nSPS) is 13.5. The van der Waals surface area contributed by atoms with E-state index in [1.165, 1.54) is 18.2 Å². The van der Waals surface area contributed by atoms with Crippen LogP contribution in [0, 0.1) is 0 Å². The Hall–Kier alpha value is -3.49. The van der Waals surface area contributed by atoms with Gasteiger partial charge in [0.05, 0.1) is 21.7 Å². The van der Waals surface area contributed by atoms with Gasteiger partial charge in [0, 0.05) is 0 Å². The molecule has 0 radical (unpaired) electrons. The van der Waals surface area contributed by atoms with Crippen molar-refractivity contribution in [3.05, 3.63) is 83.9 Å². The number of fused-ring (bicyclic) bond motifs is 1. The third-order valence-electron chi connectivity index (χ3n) is 4.23. The molecule has 0 unspecified atom stereocenters. The summed E-state index contributed by atoms with van der Waals surface area (Å²) in [6, 6.07) is 18.4. The molecule has 1 aliphatic heterocycles. The number of para-hydroxylation sites is 1. The molecule has 28 heavy (non-hydrogen) atoms. The molecule has 3 aromatic carbocycles. The van der Waals surface area contributed by atoms with Crippen LogP contribution in [0.25, 0.3) is 0 Å². The number of hydrogen-bond donors (Lipinski definition) is 1. The summed E-state index contributed by atoms with van der Waals surface area (Å²) in [7, 11) is -4.55. The van der Waals surface area contributed by atoms with Gasteiger partial charge in [-0.05, 0) is 42.5 Å². The van der Waals surface area contributed by atoms with E-state index in [1.54, 1.807) is 42.5 Å². The van der Waals surface area contributed by atoms with Gasteiger partial charge < -0.3 is 4.74 Å². The first-order chi connectivity index (χ1) is 13.4. The lowest BCUT2D eigenvalue weighted by molar-refractivity contribution is 0.0925. The van der Waals surface area contributed by atoms with Gasteiger partial charge in [-0.3, -0.25) is 14.1 Å². The van der Waals surface area contributed by atoms with Crippen molar-refractivity contribution < 1.29 is 27.3 Å². The number of rotatable bonds is 4. The minimum atomic E-state index is -4.55. The molecule has 0 bridgehead atoms. The predicted octanol–water partition coefficient (Wildman–Crippen LogP) is 3.53. The van der Waals surface area contributed by atoms with E-state index in [4.69, 9.17) is 4.74 Å². The van der Waals surface area contributed by atoms with Gasteiger partial charge in [0.1, 0.15) is 5.75 Å². The fourth-order valence-electron chi connectivity index (χ4n) is 2.94. The van der Waals surface area contributed by atoms with Crippen molar-refractivity contribution in [2.45, 2.75) is 4.90 Å². The third kappa shape index (κ3) is 3.04. The molecule has 0 saturated carbocycles. The Morgan fingerprint density at radius 1 is 0.786 bits per heavy atom. The van der Waals surface area contributed by atoms with Crippen LogP contribution < -0.4 is 9.64 Å². The van der Waals surface area contributed by atoms with Crippen LogP contribution in [0.2, 0.25) is 0 Å². The second-order valence-corrected chi connectivity index (χ2v) is 7.43. The molecule has 1 aliphatic rings. The molecular weight excluding hydrogens is 382 g/mol. The topological polar surface area (TPSA) is 101 Å². The van der Waals surface area contributed by atoms with E-state index in [-0.39, 0.29) is 22.6 Å². The van der Waals surface area contributed by atoms with Crippen molar-refractivity contribution in [2.75, 3.05) is 4.90 Å². The number of hydrogen-bond acceptors (Lipinski definition) is 5. The van der Waals surface area contributed by atoms with Crippen LogP contribution in [0.1, 0.15) is 20.7 Å². The maximum Gasteiger partial charge on any atom is 0.294 e. The van der Waals surface area contributed by atoms with Gasteiger partial charge in [-0.25, -0.2) is 4.90 Å². The standard InChI is InChI=1S/C20H13NO6S/c22-19-15-8-4-5-9-16(15)20(23)21(19)17-12-14(28(24,25)26)10-11-18(17)27-13-6-2-1-3-7-13/h1-12H,(H,24,25,26). The molecule has 2 amide bonds. The molecule has 0 aromatic heterocycles. The van der Waals surface area contributed by atoms with Crippen LogP contribution >= 0.6 is 0 Å². The van der Waals surface area contributed by atoms with Crippen LogP contribution in [0.15, 0.2) is 77.7 Å². The number of imide groups is 1. The quantitative estimate of drug-likeness (QED) is 0.536. The molecule has 8 heteroatoms. The summed E-state index contributed by atoms with van der Waals surface area (Å²) < 4.78 is 38.3. The Morgan fingerprint density at radius 3 is 1.93 bits per heavy atom. The Balaban J connectivity index is 1.87. The first kappa shape index (κ1) is 17.9. The SMILES string of the molecule is O=C1c2ccccc2C(=O)N1c1cc(S(=O)(=O)O)ccc1Oc1ccccc1. The van der Waals surface area contributed by atoms with Crippen LogP contribution in [0.4, 0.5) is 5.69 Å². The highest BCUT2D eigenvalue weighted by Gasteiger charge is 2.38. The fourth-order valence-corrected chi connectivity index (χ4v) is 3.44. The highest BCUT2D eigenvalue weighted by atomic mass is 32.2. The third-order valence-corrected chi connectivity index (χ3v) is 5.08. The molecule has 0 aliphatic carbocycles. The zero-order valence-corrected chi connectivity index (χ0v) is 15.1. The number of carbonyl (C=O) groups is 2. The van der Waals surface area contributed by atoms with E-state index < -0.39 is 26.8 Å². The van der Waals surface area contributed by atoms with E-state index >= 15 is 0 Å². The average Bonchev–Trinajstić information content (AvgIpc) is 2.93. The van der Waals surface area contributed by atoms with Gasteiger partial charge in [0.2, 0.25) is 0 Å². The lowest BCUT2D eigenvalue weighted by Gasteiger charge is -2.19. The summed E-state index contributed by atoms with van der Waals surface area (Å²) >= 11 is 0. The zero-order valence-electron chi connectivity index (χ0n) is 14.3. The smallest absolute Gasteiger partial charge is 0.294 e. The van der Waals surface area contributed by atoms with E-state index in [2.05, 4.69) is 0 Å². The van der Waals surface area contributed by atoms with Gasteiger partial charge in [0.15, 0.2) is 5.75 Å². The fraction of sp³-hybridized carbons (Fsp3) is 0. The number of benzene rings is 3. The Labute approximate surface area is 160 Å². The van der Waals surface area contributed by atoms with Gasteiger partial charge in [0.25, 0.3) is 21.9 Å². The maximum atomic E-state index is 12.8. The number of nitrogens with zero attached hydrogens (tertiary/aromatic N) is 1. The molecule has 1 N–H and O–H groups in total. The summed E-state index contributed by atoms with van der Waals surface area (Å²) in [5.74, 6) is -0.690. The van der Waals surface area contributed by atoms with E-state index in [9.17, 15) is 22.6 Å². The maximum absolute atomic E-state index is 12.8. The highest BCUT2D eigenvalue weighted by Crippen LogP contribution is 2.38. The highest BCUT2D eigenvalue weighted by molar-refractivity contribution is 7.85. The van der Waals surface area contributed by atoms with Crippen molar-refractivity contribution in [2.24, 2.45) is 0 Å². The Morgan fingerprint density at radius 2 is 1.36 bits per heavy atom. The molecule has 0 fully saturated rings. The molecule has 7 nitrogen and oxygen atoms in total. The summed E-state index contributed by atoms with van der Waals surface area (Å²) in [6.07, 6.45) is 0. The molecule has 1 heterocycles. The van der Waals surface area contributed by atoms with Crippen molar-refractivity contribution in [1.29, 1.82) is 0 Å². The molecule has 0 spiro atoms. The molecule has 4 rings (SSSR count). The van der Waals surface area contributed by atoms with Crippen molar-refractivity contribution >= 4 is 27.6 Å². The number of ether oxygens (including phenoxy) is 1. The summed E-state index contributed by atoms with van der Waals surface area (Å²) in [4.78, 5) is 26.0. The Bertz CT molecular complexity index is 1170. The Kier molecular flexibility index (Phi) is 4.21. The van der Waals surface area contributed by atoms with Crippen LogP contribution in [-0.2, 0) is 10.1 Å². The van der Waals surface area contributed by atoms with Gasteiger partial charge >= 0.3 is 0 Å². The lowest BCUT2D eigenvalue weighted by atomic mass is 10.1. The average molecular weight is 395 g/mol. The molecule has 3 aromatic rings. The summed E-state index contributed by atoms with van der Waals surface area (Å²) in [5, 5.41) is 0. The van der Waals surface area contributed by atoms with Crippen LogP contribution in [-0.4, -0.2) is 24.8 Å². The zero-order chi connectivity index (χ0) is 19.9. The van der Waals surface area contributed by atoms with Crippen LogP contribution in [0.5, 0.6) is 11.5 Å². The number of anilines is 1. The van der Waals surface area contributed by atoms with Crippen molar-refractivity contribution in [3.8, 4) is 11.5 Å². The summed E-state index contributed by atoms with van der Waals surface area (Å²) in [5.41, 5.74) is 0.330. The first-order valence-electron chi connectivity index (χ1n) is 8.18. The van der Waals surface area contributed by atoms with Gasteiger partial charge in [-0.1, -0.05) is 30.3 Å². The molecular formula is C20H13NO6S. The number of amides is 2. The van der Waals surface area contributed by atoms with Crippen molar-refractivity contribution in [3.63, 3.8) is 0 Å². The van der Waals surface area contributed by atoms with Gasteiger partial charge in [-0.15, -0.1) is 0 Å². The van der Waals surface area contributed by atoms with E-state index in [0.29, 0.717) is 5.75 Å². The minimum Gasteiger partial charge on any atom is -0.455 e. The van der Waals surface area contributed by atoms with Crippen LogP contribution in [0.3, 0.4) is 0 Å². The molecule has 0 atom stereocenters. The number of carbonyl (C=O) groups excluding carboxylic acids is 2. The first-order valence-corrected chi connectivity index (χ1v) is 9.62. The predicted molar refractivity (Wildman–Crippen MR) is 100 cm³/mol. The second-order valence-electron chi connectivity index (χ2n) is 6.01.